The molecular formula is C21H47NO4P+. The summed E-state index contributed by atoms with van der Waals surface area (Å²) in [5.41, 5.74) is 0. The summed E-state index contributed by atoms with van der Waals surface area (Å²) in [7, 11) is -2.19. The van der Waals surface area contributed by atoms with Crippen LogP contribution < -0.4 is 0 Å². The number of hydrogen-bond donors (Lipinski definition) is 2. The summed E-state index contributed by atoms with van der Waals surface area (Å²) in [5, 5.41) is 0. The summed E-state index contributed by atoms with van der Waals surface area (Å²) in [6.45, 7) is 7.18. The van der Waals surface area contributed by atoms with Crippen molar-refractivity contribution < 1.29 is 23.4 Å². The molecule has 0 saturated carbocycles. The lowest BCUT2D eigenvalue weighted by Crippen LogP contribution is -2.46. The Morgan fingerprint density at radius 1 is 0.704 bits per heavy atom. The van der Waals surface area contributed by atoms with E-state index in [2.05, 4.69) is 25.4 Å². The van der Waals surface area contributed by atoms with Gasteiger partial charge in [-0.25, -0.2) is 4.57 Å². The number of quaternary nitrogens is 1. The Morgan fingerprint density at radius 2 is 1.11 bits per heavy atom. The van der Waals surface area contributed by atoms with E-state index in [1.54, 1.807) is 0 Å². The van der Waals surface area contributed by atoms with Crippen molar-refractivity contribution >= 4 is 7.82 Å². The molecule has 0 aliphatic heterocycles. The predicted molar refractivity (Wildman–Crippen MR) is 115 cm³/mol. The van der Waals surface area contributed by atoms with Crippen molar-refractivity contribution in [3.05, 3.63) is 0 Å². The minimum absolute atomic E-state index is 0.118. The minimum atomic E-state index is -4.33. The first-order chi connectivity index (χ1) is 12.8. The van der Waals surface area contributed by atoms with Crippen molar-refractivity contribution in [1.29, 1.82) is 0 Å². The molecule has 0 aliphatic carbocycles. The van der Waals surface area contributed by atoms with Crippen molar-refractivity contribution in [3.8, 4) is 0 Å². The van der Waals surface area contributed by atoms with Crippen LogP contribution in [0.25, 0.3) is 0 Å². The maximum Gasteiger partial charge on any atom is 0.469 e. The number of hydrogen-bond acceptors (Lipinski definition) is 2. The lowest BCUT2D eigenvalue weighted by molar-refractivity contribution is -0.908. The van der Waals surface area contributed by atoms with Crippen molar-refractivity contribution in [2.24, 2.45) is 0 Å². The summed E-state index contributed by atoms with van der Waals surface area (Å²) in [4.78, 5) is 17.6. The smallest absolute Gasteiger partial charge is 0.324 e. The van der Waals surface area contributed by atoms with Crippen LogP contribution in [0, 0.1) is 0 Å². The zero-order chi connectivity index (χ0) is 20.4. The van der Waals surface area contributed by atoms with E-state index in [0.29, 0.717) is 6.54 Å². The summed E-state index contributed by atoms with van der Waals surface area (Å²) in [5.74, 6) is 0. The monoisotopic (exact) mass is 408 g/mol. The van der Waals surface area contributed by atoms with E-state index in [1.807, 2.05) is 0 Å². The molecule has 6 heteroatoms. The van der Waals surface area contributed by atoms with E-state index in [9.17, 15) is 4.57 Å². The molecule has 0 bridgehead atoms. The number of phosphoric ester groups is 1. The van der Waals surface area contributed by atoms with Crippen LogP contribution >= 0.6 is 7.82 Å². The predicted octanol–water partition coefficient (Wildman–Crippen LogP) is 6.04. The maximum atomic E-state index is 10.8. The molecule has 0 radical (unpaired) electrons. The van der Waals surface area contributed by atoms with E-state index in [-0.39, 0.29) is 6.61 Å². The molecule has 0 saturated heterocycles. The fourth-order valence-corrected chi connectivity index (χ4v) is 3.82. The molecule has 2 N–H and O–H groups in total. The van der Waals surface area contributed by atoms with Crippen LogP contribution in [0.2, 0.25) is 0 Å². The molecule has 0 spiro atoms. The second-order valence-corrected chi connectivity index (χ2v) is 9.54. The number of phosphoric acid groups is 1. The molecule has 0 amide bonds. The largest absolute Gasteiger partial charge is 0.469 e. The Kier molecular flexibility index (Phi) is 17.0. The summed E-state index contributed by atoms with van der Waals surface area (Å²) < 4.78 is 16.2. The molecule has 1 atom stereocenters. The van der Waals surface area contributed by atoms with Gasteiger partial charge in [-0.3, -0.25) is 4.52 Å². The zero-order valence-corrected chi connectivity index (χ0v) is 19.2. The fraction of sp³-hybridized carbons (Fsp3) is 1.00. The van der Waals surface area contributed by atoms with E-state index < -0.39 is 7.82 Å². The summed E-state index contributed by atoms with van der Waals surface area (Å²) in [6, 6.07) is 0. The highest BCUT2D eigenvalue weighted by Crippen LogP contribution is 2.35. The first kappa shape index (κ1) is 27.1. The fourth-order valence-electron chi connectivity index (χ4n) is 3.50. The summed E-state index contributed by atoms with van der Waals surface area (Å²) >= 11 is 0. The number of unbranched alkanes of at least 4 members (excludes halogenated alkanes) is 13. The third-order valence-electron chi connectivity index (χ3n) is 5.71. The highest BCUT2D eigenvalue weighted by atomic mass is 31.2. The topological polar surface area (TPSA) is 66.8 Å². The van der Waals surface area contributed by atoms with Crippen LogP contribution in [0.3, 0.4) is 0 Å². The number of rotatable bonds is 20. The Hall–Kier alpha value is 0.0700. The van der Waals surface area contributed by atoms with E-state index in [4.69, 9.17) is 9.79 Å². The van der Waals surface area contributed by atoms with Gasteiger partial charge >= 0.3 is 7.82 Å². The normalized spacial score (nSPS) is 14.4. The number of nitrogens with zero attached hydrogens (tertiary/aromatic N) is 1. The maximum absolute atomic E-state index is 10.8. The molecule has 1 unspecified atom stereocenters. The SMILES string of the molecule is CCCCCCCCCCCCCCCC[N+](C)(CC)CCOP(=O)(O)O. The lowest BCUT2D eigenvalue weighted by Gasteiger charge is -2.33. The second kappa shape index (κ2) is 17.0. The van der Waals surface area contributed by atoms with Gasteiger partial charge in [0.25, 0.3) is 0 Å². The van der Waals surface area contributed by atoms with E-state index in [1.165, 1.54) is 89.9 Å². The molecule has 0 heterocycles. The lowest BCUT2D eigenvalue weighted by atomic mass is 10.0. The summed E-state index contributed by atoms with van der Waals surface area (Å²) in [6.07, 6.45) is 19.1. The van der Waals surface area contributed by atoms with Gasteiger partial charge < -0.3 is 14.3 Å². The van der Waals surface area contributed by atoms with Crippen LogP contribution in [0.15, 0.2) is 0 Å². The standard InChI is InChI=1S/C21H46NO4P/c1-4-6-7-8-9-10-11-12-13-14-15-16-17-18-19-22(3,5-2)20-21-26-27(23,24)25/h4-21H2,1-3H3,(H-,23,24,25)/p+1. The third kappa shape index (κ3) is 19.2. The van der Waals surface area contributed by atoms with Crippen LogP contribution in [0.1, 0.15) is 104 Å². The third-order valence-corrected chi connectivity index (χ3v) is 6.22. The van der Waals surface area contributed by atoms with Gasteiger partial charge in [0.15, 0.2) is 0 Å². The van der Waals surface area contributed by atoms with E-state index >= 15 is 0 Å². The van der Waals surface area contributed by atoms with Gasteiger partial charge in [0.05, 0.1) is 20.1 Å². The molecule has 5 nitrogen and oxygen atoms in total. The highest BCUT2D eigenvalue weighted by Gasteiger charge is 2.21. The van der Waals surface area contributed by atoms with Crippen LogP contribution in [0.5, 0.6) is 0 Å². The Balaban J connectivity index is 3.46. The molecule has 0 rings (SSSR count). The molecule has 0 aromatic rings. The van der Waals surface area contributed by atoms with Gasteiger partial charge in [0.2, 0.25) is 0 Å². The molecular weight excluding hydrogens is 361 g/mol. The Morgan fingerprint density at radius 3 is 1.48 bits per heavy atom. The average molecular weight is 409 g/mol. The van der Waals surface area contributed by atoms with Crippen LogP contribution in [-0.2, 0) is 9.09 Å². The van der Waals surface area contributed by atoms with Crippen molar-refractivity contribution in [1.82, 2.24) is 0 Å². The molecule has 0 aromatic carbocycles. The van der Waals surface area contributed by atoms with Gasteiger partial charge in [-0.1, -0.05) is 84.0 Å². The van der Waals surface area contributed by atoms with Crippen molar-refractivity contribution in [2.45, 2.75) is 104 Å². The molecule has 27 heavy (non-hydrogen) atoms. The first-order valence-corrected chi connectivity index (χ1v) is 12.9. The average Bonchev–Trinajstić information content (AvgIpc) is 2.61. The van der Waals surface area contributed by atoms with E-state index in [0.717, 1.165) is 17.6 Å². The van der Waals surface area contributed by atoms with Gasteiger partial charge in [0, 0.05) is 0 Å². The molecule has 0 aliphatic rings. The van der Waals surface area contributed by atoms with Gasteiger partial charge in [-0.05, 0) is 19.8 Å². The van der Waals surface area contributed by atoms with Crippen molar-refractivity contribution in [2.75, 3.05) is 33.3 Å². The van der Waals surface area contributed by atoms with Crippen LogP contribution in [-0.4, -0.2) is 47.6 Å². The minimum Gasteiger partial charge on any atom is -0.324 e. The zero-order valence-electron chi connectivity index (χ0n) is 18.3. The first-order valence-electron chi connectivity index (χ1n) is 11.4. The second-order valence-electron chi connectivity index (χ2n) is 8.30. The van der Waals surface area contributed by atoms with Crippen LogP contribution in [0.4, 0.5) is 0 Å². The quantitative estimate of drug-likeness (QED) is 0.146. The highest BCUT2D eigenvalue weighted by molar-refractivity contribution is 7.46. The van der Waals surface area contributed by atoms with Gasteiger partial charge in [0.1, 0.15) is 13.2 Å². The Bertz CT molecular complexity index is 375. The van der Waals surface area contributed by atoms with Gasteiger partial charge in [-0.15, -0.1) is 0 Å². The molecule has 164 valence electrons. The Labute approximate surface area is 168 Å². The molecule has 0 fully saturated rings. The number of likely N-dealkylation sites (N-methyl/N-ethyl adjacent to an activating group) is 1. The van der Waals surface area contributed by atoms with Gasteiger partial charge in [-0.2, -0.15) is 0 Å². The molecule has 0 aromatic heterocycles. The van der Waals surface area contributed by atoms with Crippen molar-refractivity contribution in [3.63, 3.8) is 0 Å².